The number of nitrogens with one attached hydrogen (secondary N) is 2. The number of hydrogen-bond acceptors (Lipinski definition) is 8. The largest absolute Gasteiger partial charge is 0.304 e. The summed E-state index contributed by atoms with van der Waals surface area (Å²) in [6.07, 6.45) is 0. The summed E-state index contributed by atoms with van der Waals surface area (Å²) >= 11 is 0. The van der Waals surface area contributed by atoms with E-state index in [1.54, 1.807) is 14.1 Å². The van der Waals surface area contributed by atoms with Crippen molar-refractivity contribution in [1.82, 2.24) is 20.4 Å². The molecule has 0 aliphatic carbocycles. The van der Waals surface area contributed by atoms with Crippen molar-refractivity contribution in [1.29, 1.82) is 0 Å². The summed E-state index contributed by atoms with van der Waals surface area (Å²) in [6, 6.07) is -1.82. The number of hydrogen-bond donors (Lipinski definition) is 2. The van der Waals surface area contributed by atoms with Gasteiger partial charge in [-0.3, -0.25) is 29.0 Å². The molecule has 1 aliphatic heterocycles. The Morgan fingerprint density at radius 3 is 1.58 bits per heavy atom. The van der Waals surface area contributed by atoms with Gasteiger partial charge in [-0.05, 0) is 41.8 Å². The zero-order chi connectivity index (χ0) is 20.0. The fourth-order valence-corrected chi connectivity index (χ4v) is 3.21. The number of nitrogens with zero attached hydrogens (tertiary/aromatic N) is 2. The van der Waals surface area contributed by atoms with E-state index in [0.717, 1.165) is 0 Å². The first-order valence-corrected chi connectivity index (χ1v) is 8.93. The van der Waals surface area contributed by atoms with Crippen molar-refractivity contribution in [2.45, 2.75) is 51.9 Å². The monoisotopic (exact) mass is 368 g/mol. The van der Waals surface area contributed by atoms with Crippen LogP contribution in [0.2, 0.25) is 0 Å². The molecule has 0 spiro atoms. The Hall–Kier alpha value is -1.48. The number of Topliss-reactive ketones (excluding diaryl/α,β-unsaturated/α-hetero) is 4. The summed E-state index contributed by atoms with van der Waals surface area (Å²) in [5, 5.41) is 6.26. The van der Waals surface area contributed by atoms with Crippen LogP contribution in [-0.2, 0) is 19.2 Å². The van der Waals surface area contributed by atoms with E-state index in [9.17, 15) is 19.2 Å². The third-order valence-corrected chi connectivity index (χ3v) is 5.04. The smallest absolute Gasteiger partial charge is 0.148 e. The van der Waals surface area contributed by atoms with Crippen LogP contribution < -0.4 is 10.6 Å². The molecule has 0 saturated carbocycles. The van der Waals surface area contributed by atoms with Crippen molar-refractivity contribution in [2.75, 3.05) is 40.3 Å². The zero-order valence-corrected chi connectivity index (χ0v) is 16.7. The van der Waals surface area contributed by atoms with Crippen molar-refractivity contribution in [2.24, 2.45) is 0 Å². The first kappa shape index (κ1) is 22.6. The molecule has 0 bridgehead atoms. The van der Waals surface area contributed by atoms with Crippen LogP contribution in [0.3, 0.4) is 0 Å². The Balaban J connectivity index is 3.14. The molecule has 0 aromatic carbocycles. The molecule has 0 aromatic rings. The maximum Gasteiger partial charge on any atom is 0.148 e. The molecule has 0 amide bonds. The van der Waals surface area contributed by atoms with E-state index in [0.29, 0.717) is 19.6 Å². The van der Waals surface area contributed by atoms with Gasteiger partial charge in [0.25, 0.3) is 0 Å². The summed E-state index contributed by atoms with van der Waals surface area (Å²) in [5.74, 6) is -0.153. The lowest BCUT2D eigenvalue weighted by atomic mass is 10.0. The van der Waals surface area contributed by atoms with Crippen LogP contribution in [0.25, 0.3) is 0 Å². The molecule has 2 N–H and O–H groups in total. The van der Waals surface area contributed by atoms with Crippen molar-refractivity contribution < 1.29 is 19.2 Å². The Labute approximate surface area is 155 Å². The van der Waals surface area contributed by atoms with E-state index in [4.69, 9.17) is 0 Å². The SMILES string of the molecule is CC(=O)C1CNC(C(C)=O)CN(C)C(C(C)=O)CN(C)C(C(C)=O)CN1. The van der Waals surface area contributed by atoms with Gasteiger partial charge in [-0.15, -0.1) is 0 Å². The first-order valence-electron chi connectivity index (χ1n) is 8.93. The minimum absolute atomic E-state index is 0.0180. The normalized spacial score (nSPS) is 30.1. The minimum Gasteiger partial charge on any atom is -0.304 e. The molecule has 4 unspecified atom stereocenters. The van der Waals surface area contributed by atoms with Crippen LogP contribution in [0.15, 0.2) is 0 Å². The number of likely N-dealkylation sites (N-methyl/N-ethyl adjacent to an activating group) is 2. The lowest BCUT2D eigenvalue weighted by molar-refractivity contribution is -0.127. The van der Waals surface area contributed by atoms with Crippen molar-refractivity contribution in [3.8, 4) is 0 Å². The highest BCUT2D eigenvalue weighted by Gasteiger charge is 2.31. The van der Waals surface area contributed by atoms with Gasteiger partial charge in [0.2, 0.25) is 0 Å². The minimum atomic E-state index is -0.486. The Bertz CT molecular complexity index is 551. The summed E-state index contributed by atoms with van der Waals surface area (Å²) in [5.41, 5.74) is 0. The van der Waals surface area contributed by atoms with Gasteiger partial charge in [0.05, 0.1) is 24.2 Å². The van der Waals surface area contributed by atoms with Gasteiger partial charge >= 0.3 is 0 Å². The predicted molar refractivity (Wildman–Crippen MR) is 99.1 cm³/mol. The molecule has 1 fully saturated rings. The summed E-state index contributed by atoms with van der Waals surface area (Å²) in [4.78, 5) is 51.8. The lowest BCUT2D eigenvalue weighted by Crippen LogP contribution is -2.59. The van der Waals surface area contributed by atoms with Gasteiger partial charge in [0, 0.05) is 26.2 Å². The molecule has 148 valence electrons. The highest BCUT2D eigenvalue weighted by atomic mass is 16.1. The van der Waals surface area contributed by atoms with E-state index in [-0.39, 0.29) is 29.7 Å². The second kappa shape index (κ2) is 10.0. The van der Waals surface area contributed by atoms with Gasteiger partial charge in [-0.25, -0.2) is 0 Å². The van der Waals surface area contributed by atoms with Gasteiger partial charge in [0.1, 0.15) is 23.1 Å². The topological polar surface area (TPSA) is 98.8 Å². The Morgan fingerprint density at radius 1 is 0.654 bits per heavy atom. The maximum absolute atomic E-state index is 12.1. The highest BCUT2D eigenvalue weighted by molar-refractivity contribution is 5.85. The molecule has 0 aromatic heterocycles. The fourth-order valence-electron chi connectivity index (χ4n) is 3.21. The third-order valence-electron chi connectivity index (χ3n) is 5.04. The standard InChI is InChI=1S/C18H32N4O4/c1-11(23)15-7-19-16(12(2)24)9-21(5)18(14(4)26)10-22(6)17(8-20-15)13(3)25/h15-20H,7-10H2,1-6H3. The average molecular weight is 368 g/mol. The van der Waals surface area contributed by atoms with Crippen LogP contribution in [0, 0.1) is 0 Å². The van der Waals surface area contributed by atoms with Crippen molar-refractivity contribution in [3.63, 3.8) is 0 Å². The number of carbonyl (C=O) groups excluding carboxylic acids is 4. The van der Waals surface area contributed by atoms with E-state index in [1.807, 2.05) is 9.80 Å². The van der Waals surface area contributed by atoms with E-state index in [1.165, 1.54) is 27.7 Å². The maximum atomic E-state index is 12.1. The predicted octanol–water partition coefficient (Wildman–Crippen LogP) is -1.13. The Kier molecular flexibility index (Phi) is 8.69. The zero-order valence-electron chi connectivity index (χ0n) is 16.7. The van der Waals surface area contributed by atoms with Crippen LogP contribution in [0.1, 0.15) is 27.7 Å². The molecule has 4 atom stereocenters. The van der Waals surface area contributed by atoms with E-state index >= 15 is 0 Å². The van der Waals surface area contributed by atoms with Crippen molar-refractivity contribution in [3.05, 3.63) is 0 Å². The quantitative estimate of drug-likeness (QED) is 0.643. The molecule has 1 aliphatic rings. The van der Waals surface area contributed by atoms with Crippen LogP contribution in [0.5, 0.6) is 0 Å². The molecule has 1 heterocycles. The van der Waals surface area contributed by atoms with Crippen LogP contribution in [0.4, 0.5) is 0 Å². The second-order valence-electron chi connectivity index (χ2n) is 7.28. The molecule has 26 heavy (non-hydrogen) atoms. The number of ketones is 4. The van der Waals surface area contributed by atoms with E-state index < -0.39 is 24.2 Å². The fraction of sp³-hybridized carbons (Fsp3) is 0.778. The molecule has 1 rings (SSSR count). The molecule has 1 saturated heterocycles. The van der Waals surface area contributed by atoms with Crippen molar-refractivity contribution >= 4 is 23.1 Å². The summed E-state index contributed by atoms with van der Waals surface area (Å²) < 4.78 is 0. The van der Waals surface area contributed by atoms with Gasteiger partial charge < -0.3 is 10.6 Å². The average Bonchev–Trinajstić information content (AvgIpc) is 2.51. The second-order valence-corrected chi connectivity index (χ2v) is 7.28. The summed E-state index contributed by atoms with van der Waals surface area (Å²) in [6.45, 7) is 7.31. The lowest BCUT2D eigenvalue weighted by Gasteiger charge is -2.36. The Morgan fingerprint density at radius 2 is 1.12 bits per heavy atom. The van der Waals surface area contributed by atoms with Gasteiger partial charge in [-0.1, -0.05) is 0 Å². The molecular formula is C18H32N4O4. The van der Waals surface area contributed by atoms with Crippen LogP contribution >= 0.6 is 0 Å². The molecular weight excluding hydrogens is 336 g/mol. The molecule has 8 nitrogen and oxygen atoms in total. The first-order chi connectivity index (χ1) is 12.0. The third kappa shape index (κ3) is 6.35. The highest BCUT2D eigenvalue weighted by Crippen LogP contribution is 2.08. The van der Waals surface area contributed by atoms with Crippen LogP contribution in [-0.4, -0.2) is 97.4 Å². The number of carbonyl (C=O) groups is 4. The van der Waals surface area contributed by atoms with Gasteiger partial charge in [-0.2, -0.15) is 0 Å². The molecule has 0 radical (unpaired) electrons. The summed E-state index contributed by atoms with van der Waals surface area (Å²) in [7, 11) is 3.60. The van der Waals surface area contributed by atoms with Gasteiger partial charge in [0.15, 0.2) is 0 Å². The molecule has 8 heteroatoms. The number of rotatable bonds is 4. The van der Waals surface area contributed by atoms with E-state index in [2.05, 4.69) is 10.6 Å².